The van der Waals surface area contributed by atoms with E-state index in [-0.39, 0.29) is 12.5 Å². The first kappa shape index (κ1) is 14.2. The first-order valence-corrected chi connectivity index (χ1v) is 5.75. The third-order valence-electron chi connectivity index (χ3n) is 2.98. The number of aliphatic hydroxyl groups excluding tert-OH is 1. The van der Waals surface area contributed by atoms with Gasteiger partial charge in [0.25, 0.3) is 5.91 Å². The molecule has 0 radical (unpaired) electrons. The number of primary amides is 1. The zero-order valence-corrected chi connectivity index (χ0v) is 10.6. The maximum absolute atomic E-state index is 11.9. The van der Waals surface area contributed by atoms with Gasteiger partial charge in [0, 0.05) is 11.1 Å². The minimum absolute atomic E-state index is 0.130. The molecule has 1 atom stereocenters. The molecule has 0 fully saturated rings. The molecule has 0 aliphatic carbocycles. The van der Waals surface area contributed by atoms with Gasteiger partial charge >= 0.3 is 0 Å². The highest BCUT2D eigenvalue weighted by atomic mass is 16.3. The molecule has 18 heavy (non-hydrogen) atoms. The molecule has 0 aliphatic rings. The van der Waals surface area contributed by atoms with E-state index in [1.807, 2.05) is 6.92 Å². The summed E-state index contributed by atoms with van der Waals surface area (Å²) in [6.07, 6.45) is 0.620. The lowest BCUT2D eigenvalue weighted by molar-refractivity contribution is 0.0846. The molecule has 2 amide bonds. The Bertz CT molecular complexity index is 436. The van der Waals surface area contributed by atoms with Gasteiger partial charge in [-0.05, 0) is 37.6 Å². The molecule has 5 heteroatoms. The van der Waals surface area contributed by atoms with Gasteiger partial charge in [-0.2, -0.15) is 0 Å². The first-order valence-electron chi connectivity index (χ1n) is 5.75. The molecule has 0 bridgehead atoms. The predicted octanol–water partition coefficient (Wildman–Crippen LogP) is 0.676. The number of carbonyl (C=O) groups is 2. The molecule has 1 unspecified atom stereocenters. The monoisotopic (exact) mass is 250 g/mol. The van der Waals surface area contributed by atoms with Crippen LogP contribution in [0.2, 0.25) is 0 Å². The highest BCUT2D eigenvalue weighted by Crippen LogP contribution is 2.10. The van der Waals surface area contributed by atoms with Crippen molar-refractivity contribution in [3.8, 4) is 0 Å². The molecule has 4 N–H and O–H groups in total. The molecule has 1 aromatic rings. The van der Waals surface area contributed by atoms with Gasteiger partial charge < -0.3 is 16.2 Å². The molecular formula is C13H18N2O3. The van der Waals surface area contributed by atoms with Gasteiger partial charge in [0.1, 0.15) is 0 Å². The Balaban J connectivity index is 2.82. The molecule has 0 aliphatic heterocycles. The molecule has 98 valence electrons. The maximum Gasteiger partial charge on any atom is 0.251 e. The number of aliphatic hydroxyl groups is 1. The molecule has 1 rings (SSSR count). The van der Waals surface area contributed by atoms with E-state index in [1.54, 1.807) is 6.92 Å². The minimum Gasteiger partial charge on any atom is -0.394 e. The highest BCUT2D eigenvalue weighted by molar-refractivity contribution is 5.97. The van der Waals surface area contributed by atoms with Gasteiger partial charge in [-0.1, -0.05) is 6.92 Å². The second-order valence-corrected chi connectivity index (χ2v) is 4.47. The SMILES string of the molecule is CCC(C)(CO)NC(=O)c1ccc(C(N)=O)cc1. The van der Waals surface area contributed by atoms with Gasteiger partial charge in [-0.15, -0.1) is 0 Å². The molecule has 0 aromatic heterocycles. The number of hydrogen-bond donors (Lipinski definition) is 3. The average molecular weight is 250 g/mol. The van der Waals surface area contributed by atoms with Crippen LogP contribution < -0.4 is 11.1 Å². The van der Waals surface area contributed by atoms with Gasteiger partial charge in [-0.25, -0.2) is 0 Å². The molecule has 0 heterocycles. The van der Waals surface area contributed by atoms with Crippen molar-refractivity contribution in [3.63, 3.8) is 0 Å². The van der Waals surface area contributed by atoms with Crippen LogP contribution in [0.25, 0.3) is 0 Å². The van der Waals surface area contributed by atoms with Gasteiger partial charge in [0.05, 0.1) is 12.1 Å². The lowest BCUT2D eigenvalue weighted by Gasteiger charge is -2.27. The second kappa shape index (κ2) is 5.64. The van der Waals surface area contributed by atoms with E-state index in [4.69, 9.17) is 5.73 Å². The Hall–Kier alpha value is -1.88. The number of carbonyl (C=O) groups excluding carboxylic acids is 2. The average Bonchev–Trinajstić information content (AvgIpc) is 2.38. The van der Waals surface area contributed by atoms with E-state index >= 15 is 0 Å². The number of nitrogens with two attached hydrogens (primary N) is 1. The summed E-state index contributed by atoms with van der Waals surface area (Å²) in [6, 6.07) is 6.06. The molecule has 0 saturated carbocycles. The second-order valence-electron chi connectivity index (χ2n) is 4.47. The zero-order chi connectivity index (χ0) is 13.8. The van der Waals surface area contributed by atoms with E-state index in [0.717, 1.165) is 0 Å². The molecule has 0 saturated heterocycles. The van der Waals surface area contributed by atoms with E-state index in [0.29, 0.717) is 17.5 Å². The van der Waals surface area contributed by atoms with Crippen molar-refractivity contribution in [2.45, 2.75) is 25.8 Å². The van der Waals surface area contributed by atoms with Crippen molar-refractivity contribution in [3.05, 3.63) is 35.4 Å². The third-order valence-corrected chi connectivity index (χ3v) is 2.98. The molecule has 1 aromatic carbocycles. The fourth-order valence-electron chi connectivity index (χ4n) is 1.37. The van der Waals surface area contributed by atoms with Crippen LogP contribution >= 0.6 is 0 Å². The Morgan fingerprint density at radius 1 is 1.28 bits per heavy atom. The normalized spacial score (nSPS) is 13.7. The maximum atomic E-state index is 11.9. The zero-order valence-electron chi connectivity index (χ0n) is 10.6. The van der Waals surface area contributed by atoms with Crippen molar-refractivity contribution in [2.75, 3.05) is 6.61 Å². The smallest absolute Gasteiger partial charge is 0.251 e. The first-order chi connectivity index (χ1) is 8.41. The van der Waals surface area contributed by atoms with Gasteiger partial charge in [-0.3, -0.25) is 9.59 Å². The van der Waals surface area contributed by atoms with Crippen LogP contribution in [0.5, 0.6) is 0 Å². The Morgan fingerprint density at radius 3 is 2.17 bits per heavy atom. The third kappa shape index (κ3) is 3.30. The van der Waals surface area contributed by atoms with Crippen molar-refractivity contribution in [1.82, 2.24) is 5.32 Å². The summed E-state index contributed by atoms with van der Waals surface area (Å²) >= 11 is 0. The lowest BCUT2D eigenvalue weighted by atomic mass is 9.99. The Labute approximate surface area is 106 Å². The lowest BCUT2D eigenvalue weighted by Crippen LogP contribution is -2.48. The summed E-state index contributed by atoms with van der Waals surface area (Å²) in [5, 5.41) is 12.0. The predicted molar refractivity (Wildman–Crippen MR) is 68.2 cm³/mol. The van der Waals surface area contributed by atoms with Crippen LogP contribution in [-0.4, -0.2) is 29.1 Å². The summed E-state index contributed by atoms with van der Waals surface area (Å²) in [5.74, 6) is -0.819. The summed E-state index contributed by atoms with van der Waals surface area (Å²) in [4.78, 5) is 22.8. The molecule has 5 nitrogen and oxygen atoms in total. The number of amides is 2. The summed E-state index contributed by atoms with van der Waals surface area (Å²) < 4.78 is 0. The summed E-state index contributed by atoms with van der Waals surface area (Å²) in [6.45, 7) is 3.52. The van der Waals surface area contributed by atoms with Crippen molar-refractivity contribution < 1.29 is 14.7 Å². The highest BCUT2D eigenvalue weighted by Gasteiger charge is 2.23. The number of rotatable bonds is 5. The van der Waals surface area contributed by atoms with Gasteiger partial charge in [0.15, 0.2) is 0 Å². The molecule has 0 spiro atoms. The standard InChI is InChI=1S/C13H18N2O3/c1-3-13(2,8-16)15-12(18)10-6-4-9(5-7-10)11(14)17/h4-7,16H,3,8H2,1-2H3,(H2,14,17)(H,15,18). The number of hydrogen-bond acceptors (Lipinski definition) is 3. The van der Waals surface area contributed by atoms with Crippen LogP contribution in [-0.2, 0) is 0 Å². The minimum atomic E-state index is -0.639. The molecular weight excluding hydrogens is 232 g/mol. The van der Waals surface area contributed by atoms with Crippen molar-refractivity contribution >= 4 is 11.8 Å². The van der Waals surface area contributed by atoms with Crippen LogP contribution in [0.4, 0.5) is 0 Å². The Kier molecular flexibility index (Phi) is 4.44. The topological polar surface area (TPSA) is 92.4 Å². The van der Waals surface area contributed by atoms with E-state index in [9.17, 15) is 14.7 Å². The van der Waals surface area contributed by atoms with E-state index in [2.05, 4.69) is 5.32 Å². The van der Waals surface area contributed by atoms with Crippen LogP contribution in [0.3, 0.4) is 0 Å². The largest absolute Gasteiger partial charge is 0.394 e. The van der Waals surface area contributed by atoms with Crippen molar-refractivity contribution in [1.29, 1.82) is 0 Å². The fraction of sp³-hybridized carbons (Fsp3) is 0.385. The van der Waals surface area contributed by atoms with Crippen LogP contribution in [0.1, 0.15) is 41.0 Å². The van der Waals surface area contributed by atoms with Crippen LogP contribution in [0, 0.1) is 0 Å². The summed E-state index contributed by atoms with van der Waals surface area (Å²) in [7, 11) is 0. The van der Waals surface area contributed by atoms with Gasteiger partial charge in [0.2, 0.25) is 5.91 Å². The number of nitrogens with one attached hydrogen (secondary N) is 1. The van der Waals surface area contributed by atoms with Crippen molar-refractivity contribution in [2.24, 2.45) is 5.73 Å². The Morgan fingerprint density at radius 2 is 1.78 bits per heavy atom. The fourth-order valence-corrected chi connectivity index (χ4v) is 1.37. The quantitative estimate of drug-likeness (QED) is 0.717. The van der Waals surface area contributed by atoms with E-state index < -0.39 is 11.4 Å². The number of benzene rings is 1. The summed E-state index contributed by atoms with van der Waals surface area (Å²) in [5.41, 5.74) is 5.25. The van der Waals surface area contributed by atoms with E-state index in [1.165, 1.54) is 24.3 Å². The van der Waals surface area contributed by atoms with Crippen LogP contribution in [0.15, 0.2) is 24.3 Å².